The predicted octanol–water partition coefficient (Wildman–Crippen LogP) is 1.33. The van der Waals surface area contributed by atoms with E-state index in [9.17, 15) is 4.79 Å². The van der Waals surface area contributed by atoms with E-state index in [1.165, 1.54) is 0 Å². The molecule has 0 aromatic carbocycles. The van der Waals surface area contributed by atoms with Gasteiger partial charge in [-0.15, -0.1) is 0 Å². The molecule has 0 aromatic heterocycles. The Kier molecular flexibility index (Phi) is 5.92. The van der Waals surface area contributed by atoms with Crippen molar-refractivity contribution in [1.29, 1.82) is 0 Å². The summed E-state index contributed by atoms with van der Waals surface area (Å²) in [6, 6.07) is 0. The Balaban J connectivity index is 0. The minimum absolute atomic E-state index is 0. The smallest absolute Gasteiger partial charge is 0.226 e. The van der Waals surface area contributed by atoms with Gasteiger partial charge in [0.15, 0.2) is 0 Å². The van der Waals surface area contributed by atoms with Crippen LogP contribution in [0.15, 0.2) is 0 Å². The monoisotopic (exact) mass is 245 g/mol. The van der Waals surface area contributed by atoms with E-state index in [2.05, 4.69) is 29.5 Å². The van der Waals surface area contributed by atoms with Crippen molar-refractivity contribution in [1.82, 2.24) is 15.5 Å². The molecule has 0 aromatic rings. The second-order valence-corrected chi connectivity index (χ2v) is 5.19. The summed E-state index contributed by atoms with van der Waals surface area (Å²) in [5.74, 6) is 0.279. The van der Waals surface area contributed by atoms with Crippen molar-refractivity contribution in [2.45, 2.75) is 32.6 Å². The lowest BCUT2D eigenvalue weighted by molar-refractivity contribution is -0.126. The zero-order valence-electron chi connectivity index (χ0n) is 11.5. The molecule has 0 bridgehead atoms. The highest BCUT2D eigenvalue weighted by Crippen LogP contribution is 2.49. The van der Waals surface area contributed by atoms with Crippen molar-refractivity contribution in [3.05, 3.63) is 0 Å². The minimum Gasteiger partial charge on any atom is -0.354 e. The van der Waals surface area contributed by atoms with Gasteiger partial charge in [-0.3, -0.25) is 4.79 Å². The zero-order valence-corrected chi connectivity index (χ0v) is 11.5. The fourth-order valence-electron chi connectivity index (χ4n) is 2.18. The lowest BCUT2D eigenvalue weighted by atomic mass is 10.00. The van der Waals surface area contributed by atoms with Crippen LogP contribution in [0.2, 0.25) is 0 Å². The summed E-state index contributed by atoms with van der Waals surface area (Å²) >= 11 is 0. The van der Waals surface area contributed by atoms with E-state index in [1.807, 2.05) is 7.05 Å². The molecule has 0 spiro atoms. The van der Waals surface area contributed by atoms with Crippen molar-refractivity contribution in [3.63, 3.8) is 0 Å². The molecule has 4 heteroatoms. The van der Waals surface area contributed by atoms with Crippen LogP contribution in [-0.2, 0) is 4.79 Å². The van der Waals surface area contributed by atoms with Gasteiger partial charge in [0, 0.05) is 34.4 Å². The van der Waals surface area contributed by atoms with E-state index >= 15 is 0 Å². The molecular formula is C13H31N3O. The first-order chi connectivity index (χ1) is 8.14. The highest BCUT2D eigenvalue weighted by atomic mass is 16.2. The van der Waals surface area contributed by atoms with E-state index < -0.39 is 0 Å². The molecule has 1 aliphatic rings. The number of nitrogens with one attached hydrogen (secondary N) is 2. The molecule has 1 aliphatic carbocycles. The second-order valence-electron chi connectivity index (χ2n) is 5.19. The highest BCUT2D eigenvalue weighted by Gasteiger charge is 2.48. The third-order valence-electron chi connectivity index (χ3n) is 3.59. The lowest BCUT2D eigenvalue weighted by Crippen LogP contribution is -2.38. The molecule has 0 aliphatic heterocycles. The van der Waals surface area contributed by atoms with Gasteiger partial charge >= 0.3 is 0 Å². The first kappa shape index (κ1) is 14.5. The summed E-state index contributed by atoms with van der Waals surface area (Å²) in [5, 5.41) is 6.20. The van der Waals surface area contributed by atoms with Gasteiger partial charge in [0.05, 0.1) is 0 Å². The van der Waals surface area contributed by atoms with Crippen molar-refractivity contribution in [2.75, 3.05) is 40.3 Å². The van der Waals surface area contributed by atoms with Crippen LogP contribution in [0, 0.1) is 5.41 Å². The first-order valence-corrected chi connectivity index (χ1v) is 6.76. The molecule has 0 saturated heterocycles. The first-order valence-electron chi connectivity index (χ1n) is 6.76. The van der Waals surface area contributed by atoms with Crippen LogP contribution in [0.25, 0.3) is 0 Å². The van der Waals surface area contributed by atoms with Gasteiger partial charge in [0.1, 0.15) is 0 Å². The fourth-order valence-corrected chi connectivity index (χ4v) is 2.18. The lowest BCUT2D eigenvalue weighted by Gasteiger charge is -2.18. The number of likely N-dealkylation sites (N-methyl/N-ethyl adjacent to an activating group) is 2. The van der Waals surface area contributed by atoms with Gasteiger partial charge in [-0.1, -0.05) is 13.3 Å². The minimum atomic E-state index is 0. The molecule has 0 unspecified atom stereocenters. The number of amides is 1. The van der Waals surface area contributed by atoms with Crippen LogP contribution >= 0.6 is 0 Å². The van der Waals surface area contributed by atoms with Crippen molar-refractivity contribution < 1.29 is 7.65 Å². The standard InChI is InChI=1S/C13H27N3O.2H2/c1-4-5-13(6-7-13)12(17)15-9-11-16(3)10-8-14-2;;/h14H,4-11H2,1-3H3,(H,15,17);2*1H. The number of hydrogen-bond acceptors (Lipinski definition) is 3. The molecule has 0 atom stereocenters. The molecule has 0 heterocycles. The van der Waals surface area contributed by atoms with Gasteiger partial charge in [0.25, 0.3) is 0 Å². The molecule has 1 amide bonds. The number of hydrogen-bond donors (Lipinski definition) is 2. The number of rotatable bonds is 9. The van der Waals surface area contributed by atoms with Crippen molar-refractivity contribution in [2.24, 2.45) is 5.41 Å². The van der Waals surface area contributed by atoms with Crippen LogP contribution in [0.5, 0.6) is 0 Å². The summed E-state index contributed by atoms with van der Waals surface area (Å²) in [4.78, 5) is 14.2. The number of carbonyl (C=O) groups is 1. The molecule has 1 saturated carbocycles. The largest absolute Gasteiger partial charge is 0.354 e. The second kappa shape index (κ2) is 6.97. The summed E-state index contributed by atoms with van der Waals surface area (Å²) < 4.78 is 0. The van der Waals surface area contributed by atoms with Gasteiger partial charge in [-0.2, -0.15) is 0 Å². The zero-order chi connectivity index (χ0) is 12.7. The normalized spacial score (nSPS) is 17.2. The maximum atomic E-state index is 12.0. The predicted molar refractivity (Wildman–Crippen MR) is 75.2 cm³/mol. The Morgan fingerprint density at radius 2 is 2.00 bits per heavy atom. The number of nitrogens with zero attached hydrogens (tertiary/aromatic N) is 1. The van der Waals surface area contributed by atoms with Crippen molar-refractivity contribution in [3.8, 4) is 0 Å². The Hall–Kier alpha value is -0.610. The number of carbonyl (C=O) groups excluding carboxylic acids is 1. The van der Waals surface area contributed by atoms with E-state index in [0.717, 1.165) is 51.9 Å². The molecular weight excluding hydrogens is 214 g/mol. The van der Waals surface area contributed by atoms with E-state index in [-0.39, 0.29) is 14.2 Å². The van der Waals surface area contributed by atoms with Crippen LogP contribution in [-0.4, -0.2) is 51.1 Å². The maximum Gasteiger partial charge on any atom is 0.226 e. The van der Waals surface area contributed by atoms with Crippen LogP contribution < -0.4 is 10.6 Å². The summed E-state index contributed by atoms with van der Waals surface area (Å²) in [7, 11) is 4.04. The Labute approximate surface area is 108 Å². The van der Waals surface area contributed by atoms with Crippen LogP contribution in [0.1, 0.15) is 35.5 Å². The topological polar surface area (TPSA) is 44.4 Å². The average Bonchev–Trinajstić information content (AvgIpc) is 3.08. The molecule has 104 valence electrons. The fraction of sp³-hybridized carbons (Fsp3) is 0.923. The van der Waals surface area contributed by atoms with Crippen molar-refractivity contribution >= 4 is 5.91 Å². The molecule has 1 fully saturated rings. The molecule has 0 radical (unpaired) electrons. The van der Waals surface area contributed by atoms with E-state index in [1.54, 1.807) is 0 Å². The quantitative estimate of drug-likeness (QED) is 0.644. The Morgan fingerprint density at radius 3 is 2.53 bits per heavy atom. The molecule has 2 N–H and O–H groups in total. The van der Waals surface area contributed by atoms with E-state index in [4.69, 9.17) is 0 Å². The third-order valence-corrected chi connectivity index (χ3v) is 3.59. The third kappa shape index (κ3) is 4.64. The Bertz CT molecular complexity index is 248. The van der Waals surface area contributed by atoms with Gasteiger partial charge in [-0.25, -0.2) is 0 Å². The summed E-state index contributed by atoms with van der Waals surface area (Å²) in [6.45, 7) is 5.86. The van der Waals surface area contributed by atoms with Gasteiger partial charge in [0.2, 0.25) is 5.91 Å². The highest BCUT2D eigenvalue weighted by molar-refractivity contribution is 5.85. The van der Waals surface area contributed by atoms with Gasteiger partial charge < -0.3 is 15.5 Å². The molecule has 17 heavy (non-hydrogen) atoms. The van der Waals surface area contributed by atoms with E-state index in [0.29, 0.717) is 0 Å². The Morgan fingerprint density at radius 1 is 1.35 bits per heavy atom. The average molecular weight is 245 g/mol. The maximum absolute atomic E-state index is 12.0. The molecule has 4 nitrogen and oxygen atoms in total. The molecule has 1 rings (SSSR count). The summed E-state index contributed by atoms with van der Waals surface area (Å²) in [6.07, 6.45) is 4.33. The SMILES string of the molecule is CCCC1(C(=O)NCCN(C)CCNC)CC1.[HH].[HH]. The van der Waals surface area contributed by atoms with Crippen LogP contribution in [0.4, 0.5) is 0 Å². The van der Waals surface area contributed by atoms with Crippen LogP contribution in [0.3, 0.4) is 0 Å². The summed E-state index contributed by atoms with van der Waals surface area (Å²) in [5.41, 5.74) is 0.0122. The van der Waals surface area contributed by atoms with Gasteiger partial charge in [-0.05, 0) is 33.4 Å².